The van der Waals surface area contributed by atoms with Gasteiger partial charge in [-0.15, -0.1) is 12.4 Å². The van der Waals surface area contributed by atoms with Crippen molar-refractivity contribution in [3.05, 3.63) is 41.5 Å². The zero-order valence-electron chi connectivity index (χ0n) is 10.9. The highest BCUT2D eigenvalue weighted by Crippen LogP contribution is 2.14. The first kappa shape index (κ1) is 16.6. The first-order valence-electron chi connectivity index (χ1n) is 6.24. The summed E-state index contributed by atoms with van der Waals surface area (Å²) >= 11 is 0. The molecule has 1 aliphatic rings. The summed E-state index contributed by atoms with van der Waals surface area (Å²) in [6.45, 7) is 1.12. The van der Waals surface area contributed by atoms with E-state index in [2.05, 4.69) is 0 Å². The van der Waals surface area contributed by atoms with E-state index in [-0.39, 0.29) is 29.9 Å². The van der Waals surface area contributed by atoms with E-state index in [1.54, 1.807) is 4.90 Å². The average Bonchev–Trinajstić information content (AvgIpc) is 2.38. The number of nitrogens with two attached hydrogens (primary N) is 1. The molecule has 0 aliphatic carbocycles. The minimum atomic E-state index is -0.681. The van der Waals surface area contributed by atoms with Gasteiger partial charge in [-0.3, -0.25) is 4.79 Å². The van der Waals surface area contributed by atoms with Gasteiger partial charge in [-0.05, 0) is 31.1 Å². The van der Waals surface area contributed by atoms with Crippen LogP contribution in [0, 0.1) is 11.6 Å². The molecule has 2 N–H and O–H groups in total. The van der Waals surface area contributed by atoms with Gasteiger partial charge >= 0.3 is 0 Å². The lowest BCUT2D eigenvalue weighted by atomic mass is 10.1. The van der Waals surface area contributed by atoms with Crippen LogP contribution in [0.2, 0.25) is 0 Å². The number of rotatable bonds is 2. The van der Waals surface area contributed by atoms with E-state index in [1.165, 1.54) is 18.2 Å². The summed E-state index contributed by atoms with van der Waals surface area (Å²) in [5, 5.41) is 0. The Labute approximate surface area is 122 Å². The number of hydrogen-bond donors (Lipinski definition) is 1. The quantitative estimate of drug-likeness (QED) is 0.853. The topological polar surface area (TPSA) is 46.3 Å². The van der Waals surface area contributed by atoms with Crippen LogP contribution in [-0.2, 0) is 4.79 Å². The molecule has 1 unspecified atom stereocenters. The van der Waals surface area contributed by atoms with E-state index in [1.807, 2.05) is 0 Å². The maximum Gasteiger partial charge on any atom is 0.246 e. The van der Waals surface area contributed by atoms with Gasteiger partial charge in [0, 0.05) is 30.8 Å². The molecular formula is C14H17ClF2N2O. The van der Waals surface area contributed by atoms with Gasteiger partial charge in [0.2, 0.25) is 5.91 Å². The largest absolute Gasteiger partial charge is 0.338 e. The van der Waals surface area contributed by atoms with Crippen LogP contribution in [0.15, 0.2) is 24.3 Å². The molecule has 0 spiro atoms. The van der Waals surface area contributed by atoms with Gasteiger partial charge < -0.3 is 10.6 Å². The molecule has 2 rings (SSSR count). The van der Waals surface area contributed by atoms with Crippen molar-refractivity contribution < 1.29 is 13.6 Å². The van der Waals surface area contributed by atoms with Crippen molar-refractivity contribution in [3.8, 4) is 0 Å². The number of carbonyl (C=O) groups is 1. The zero-order valence-corrected chi connectivity index (χ0v) is 11.7. The normalized spacial score (nSPS) is 18.9. The smallest absolute Gasteiger partial charge is 0.246 e. The van der Waals surface area contributed by atoms with Crippen LogP contribution < -0.4 is 5.73 Å². The van der Waals surface area contributed by atoms with Gasteiger partial charge in [-0.25, -0.2) is 8.78 Å². The fraction of sp³-hybridized carbons (Fsp3) is 0.357. The van der Waals surface area contributed by atoms with E-state index in [0.29, 0.717) is 13.1 Å². The molecule has 1 amide bonds. The molecule has 1 aromatic rings. The van der Waals surface area contributed by atoms with Gasteiger partial charge in [0.25, 0.3) is 0 Å². The van der Waals surface area contributed by atoms with Crippen molar-refractivity contribution >= 4 is 24.4 Å². The van der Waals surface area contributed by atoms with Crippen LogP contribution in [0.4, 0.5) is 8.78 Å². The molecule has 6 heteroatoms. The van der Waals surface area contributed by atoms with Crippen molar-refractivity contribution in [1.29, 1.82) is 0 Å². The van der Waals surface area contributed by atoms with Crippen molar-refractivity contribution in [3.63, 3.8) is 0 Å². The number of hydrogen-bond acceptors (Lipinski definition) is 2. The zero-order chi connectivity index (χ0) is 13.8. The molecule has 20 heavy (non-hydrogen) atoms. The fourth-order valence-electron chi connectivity index (χ4n) is 2.14. The second-order valence-electron chi connectivity index (χ2n) is 4.66. The van der Waals surface area contributed by atoms with E-state index in [0.717, 1.165) is 25.0 Å². The first-order valence-corrected chi connectivity index (χ1v) is 6.24. The molecule has 1 atom stereocenters. The molecule has 1 aliphatic heterocycles. The van der Waals surface area contributed by atoms with Crippen LogP contribution in [0.1, 0.15) is 18.4 Å². The van der Waals surface area contributed by atoms with E-state index in [4.69, 9.17) is 5.73 Å². The monoisotopic (exact) mass is 302 g/mol. The third-order valence-corrected chi connectivity index (χ3v) is 3.16. The van der Waals surface area contributed by atoms with Gasteiger partial charge in [-0.1, -0.05) is 6.07 Å². The summed E-state index contributed by atoms with van der Waals surface area (Å²) in [5.74, 6) is -1.63. The summed E-state index contributed by atoms with van der Waals surface area (Å²) in [6, 6.07) is 3.58. The van der Waals surface area contributed by atoms with Crippen LogP contribution in [-0.4, -0.2) is 29.9 Å². The highest BCUT2D eigenvalue weighted by molar-refractivity contribution is 5.91. The summed E-state index contributed by atoms with van der Waals surface area (Å²) < 4.78 is 26.7. The molecule has 110 valence electrons. The molecule has 0 radical (unpaired) electrons. The maximum atomic E-state index is 13.4. The van der Waals surface area contributed by atoms with Crippen molar-refractivity contribution in [1.82, 2.24) is 4.90 Å². The van der Waals surface area contributed by atoms with Crippen LogP contribution in [0.3, 0.4) is 0 Å². The molecule has 0 aromatic heterocycles. The molecule has 1 saturated heterocycles. The third kappa shape index (κ3) is 4.02. The molecule has 1 fully saturated rings. The lowest BCUT2D eigenvalue weighted by Gasteiger charge is -2.29. The lowest BCUT2D eigenvalue weighted by Crippen LogP contribution is -2.45. The van der Waals surface area contributed by atoms with Crippen LogP contribution >= 0.6 is 12.4 Å². The number of piperidine rings is 1. The van der Waals surface area contributed by atoms with E-state index < -0.39 is 11.6 Å². The van der Waals surface area contributed by atoms with Crippen molar-refractivity contribution in [2.75, 3.05) is 13.1 Å². The summed E-state index contributed by atoms with van der Waals surface area (Å²) in [6.07, 6.45) is 4.12. The summed E-state index contributed by atoms with van der Waals surface area (Å²) in [5.41, 5.74) is 5.58. The lowest BCUT2D eigenvalue weighted by molar-refractivity contribution is -0.127. The Kier molecular flexibility index (Phi) is 6.10. The number of amides is 1. The molecule has 1 aromatic carbocycles. The highest BCUT2D eigenvalue weighted by atomic mass is 35.5. The Morgan fingerprint density at radius 3 is 2.60 bits per heavy atom. The van der Waals surface area contributed by atoms with Gasteiger partial charge in [0.05, 0.1) is 0 Å². The maximum absolute atomic E-state index is 13.4. The molecular weight excluding hydrogens is 286 g/mol. The number of halogens is 3. The molecule has 1 heterocycles. The SMILES string of the molecule is Cl.NC1CCCN(C(=O)/C=C/c2c(F)cccc2F)C1. The van der Waals surface area contributed by atoms with E-state index in [9.17, 15) is 13.6 Å². The molecule has 0 saturated carbocycles. The van der Waals surface area contributed by atoms with E-state index >= 15 is 0 Å². The average molecular weight is 303 g/mol. The molecule has 0 bridgehead atoms. The second kappa shape index (κ2) is 7.36. The van der Waals surface area contributed by atoms with Gasteiger partial charge in [0.15, 0.2) is 0 Å². The Hall–Kier alpha value is -1.46. The minimum Gasteiger partial charge on any atom is -0.338 e. The van der Waals surface area contributed by atoms with Crippen LogP contribution in [0.25, 0.3) is 6.08 Å². The molecule has 3 nitrogen and oxygen atoms in total. The standard InChI is InChI=1S/C14H16F2N2O.ClH/c15-12-4-1-5-13(16)11(12)6-7-14(19)18-8-2-3-10(17)9-18;/h1,4-7,10H,2-3,8-9,17H2;1H/b7-6+;. The summed E-state index contributed by atoms with van der Waals surface area (Å²) in [7, 11) is 0. The highest BCUT2D eigenvalue weighted by Gasteiger charge is 2.19. The number of carbonyl (C=O) groups excluding carboxylic acids is 1. The minimum absolute atomic E-state index is 0. The fourth-order valence-corrected chi connectivity index (χ4v) is 2.14. The third-order valence-electron chi connectivity index (χ3n) is 3.16. The summed E-state index contributed by atoms with van der Waals surface area (Å²) in [4.78, 5) is 13.5. The Morgan fingerprint density at radius 2 is 2.00 bits per heavy atom. The number of likely N-dealkylation sites (tertiary alicyclic amines) is 1. The predicted octanol–water partition coefficient (Wildman–Crippen LogP) is 2.35. The first-order chi connectivity index (χ1) is 9.08. The number of benzene rings is 1. The Balaban J connectivity index is 0.00000200. The Bertz CT molecular complexity index is 488. The number of nitrogens with zero attached hydrogens (tertiary/aromatic N) is 1. The van der Waals surface area contributed by atoms with Crippen molar-refractivity contribution in [2.24, 2.45) is 5.73 Å². The van der Waals surface area contributed by atoms with Gasteiger partial charge in [0.1, 0.15) is 11.6 Å². The van der Waals surface area contributed by atoms with Crippen molar-refractivity contribution in [2.45, 2.75) is 18.9 Å². The van der Waals surface area contributed by atoms with Crippen LogP contribution in [0.5, 0.6) is 0 Å². The second-order valence-corrected chi connectivity index (χ2v) is 4.66. The van der Waals surface area contributed by atoms with Gasteiger partial charge in [-0.2, -0.15) is 0 Å². The predicted molar refractivity (Wildman–Crippen MR) is 76.4 cm³/mol. The Morgan fingerprint density at radius 1 is 1.35 bits per heavy atom.